The van der Waals surface area contributed by atoms with E-state index in [9.17, 15) is 9.59 Å². The van der Waals surface area contributed by atoms with Crippen molar-refractivity contribution in [3.05, 3.63) is 0 Å². The zero-order valence-corrected chi connectivity index (χ0v) is 9.33. The summed E-state index contributed by atoms with van der Waals surface area (Å²) in [5.41, 5.74) is 5.29. The molecule has 7 heteroatoms. The molecule has 0 aliphatic carbocycles. The number of aliphatic carboxylic acids is 1. The smallest absolute Gasteiger partial charge is 0.431 e. The van der Waals surface area contributed by atoms with Gasteiger partial charge in [-0.2, -0.15) is 5.06 Å². The van der Waals surface area contributed by atoms with E-state index < -0.39 is 18.1 Å². The minimum Gasteiger partial charge on any atom is -0.480 e. The summed E-state index contributed by atoms with van der Waals surface area (Å²) in [5.74, 6) is 1.09. The molecule has 1 amide bonds. The van der Waals surface area contributed by atoms with Crippen molar-refractivity contribution in [2.45, 2.75) is 25.3 Å². The van der Waals surface area contributed by atoms with Crippen molar-refractivity contribution < 1.29 is 24.6 Å². The zero-order valence-electron chi connectivity index (χ0n) is 9.33. The lowest BCUT2D eigenvalue weighted by Crippen LogP contribution is -2.32. The van der Waals surface area contributed by atoms with Gasteiger partial charge in [0.05, 0.1) is 6.54 Å². The predicted octanol–water partition coefficient (Wildman–Crippen LogP) is 0.113. The summed E-state index contributed by atoms with van der Waals surface area (Å²) in [6, 6.07) is -0.917. The van der Waals surface area contributed by atoms with E-state index in [4.69, 9.17) is 27.2 Å². The van der Waals surface area contributed by atoms with E-state index in [1.807, 2.05) is 0 Å². The van der Waals surface area contributed by atoms with E-state index in [1.54, 1.807) is 0 Å². The topological polar surface area (TPSA) is 113 Å². The first kappa shape index (κ1) is 15.2. The molecule has 0 heterocycles. The SMILES string of the molecule is C#CCON(CCCC[C@H](N)C(=O)O)C(=O)O. The van der Waals surface area contributed by atoms with Crippen molar-refractivity contribution in [1.82, 2.24) is 5.06 Å². The van der Waals surface area contributed by atoms with Gasteiger partial charge in [-0.25, -0.2) is 4.79 Å². The molecule has 0 aromatic carbocycles. The van der Waals surface area contributed by atoms with Gasteiger partial charge < -0.3 is 15.9 Å². The van der Waals surface area contributed by atoms with Gasteiger partial charge in [-0.15, -0.1) is 6.42 Å². The van der Waals surface area contributed by atoms with Crippen molar-refractivity contribution in [2.75, 3.05) is 13.2 Å². The first-order chi connectivity index (χ1) is 7.99. The highest BCUT2D eigenvalue weighted by molar-refractivity contribution is 5.72. The van der Waals surface area contributed by atoms with Crippen LogP contribution in [0, 0.1) is 12.3 Å². The lowest BCUT2D eigenvalue weighted by molar-refractivity contribution is -0.138. The Morgan fingerprint density at radius 3 is 2.53 bits per heavy atom. The standard InChI is InChI=1S/C10H16N2O5/c1-2-7-17-12(10(15)16)6-4-3-5-8(11)9(13)14/h1,8H,3-7,11H2,(H,13,14)(H,15,16)/t8-/m0/s1. The molecule has 0 saturated heterocycles. The van der Waals surface area contributed by atoms with Crippen LogP contribution in [0.5, 0.6) is 0 Å². The summed E-state index contributed by atoms with van der Waals surface area (Å²) in [5, 5.41) is 18.0. The fourth-order valence-corrected chi connectivity index (χ4v) is 1.07. The van der Waals surface area contributed by atoms with Gasteiger partial charge >= 0.3 is 12.1 Å². The number of nitrogens with two attached hydrogens (primary N) is 1. The maximum absolute atomic E-state index is 10.7. The van der Waals surface area contributed by atoms with Gasteiger partial charge in [-0.05, 0) is 19.3 Å². The van der Waals surface area contributed by atoms with Crippen LogP contribution in [-0.2, 0) is 9.63 Å². The van der Waals surface area contributed by atoms with Gasteiger partial charge in [0.25, 0.3) is 0 Å². The van der Waals surface area contributed by atoms with Crippen LogP contribution < -0.4 is 5.73 Å². The second kappa shape index (κ2) is 8.38. The lowest BCUT2D eigenvalue weighted by Gasteiger charge is -2.17. The molecule has 0 radical (unpaired) electrons. The van der Waals surface area contributed by atoms with E-state index in [-0.39, 0.29) is 19.6 Å². The number of terminal acetylenes is 1. The lowest BCUT2D eigenvalue weighted by atomic mass is 10.1. The molecule has 0 aromatic heterocycles. The normalized spacial score (nSPS) is 11.5. The first-order valence-electron chi connectivity index (χ1n) is 5.04. The minimum absolute atomic E-state index is 0.124. The Labute approximate surface area is 99.1 Å². The van der Waals surface area contributed by atoms with Crippen LogP contribution in [-0.4, -0.2) is 46.5 Å². The third-order valence-corrected chi connectivity index (χ3v) is 1.96. The predicted molar refractivity (Wildman–Crippen MR) is 59.0 cm³/mol. The van der Waals surface area contributed by atoms with Crippen molar-refractivity contribution in [3.63, 3.8) is 0 Å². The summed E-state index contributed by atoms with van der Waals surface area (Å²) in [6.45, 7) is 0.00426. The molecule has 7 nitrogen and oxygen atoms in total. The summed E-state index contributed by atoms with van der Waals surface area (Å²) in [6.07, 6.45) is 4.94. The highest BCUT2D eigenvalue weighted by Crippen LogP contribution is 2.02. The van der Waals surface area contributed by atoms with Crippen LogP contribution in [0.4, 0.5) is 4.79 Å². The van der Waals surface area contributed by atoms with E-state index in [0.29, 0.717) is 12.8 Å². The largest absolute Gasteiger partial charge is 0.480 e. The molecular weight excluding hydrogens is 228 g/mol. The highest BCUT2D eigenvalue weighted by Gasteiger charge is 2.13. The minimum atomic E-state index is -1.23. The van der Waals surface area contributed by atoms with Crippen LogP contribution in [0.1, 0.15) is 19.3 Å². The van der Waals surface area contributed by atoms with Gasteiger partial charge in [0, 0.05) is 0 Å². The fourth-order valence-electron chi connectivity index (χ4n) is 1.07. The van der Waals surface area contributed by atoms with Gasteiger partial charge in [-0.3, -0.25) is 9.63 Å². The van der Waals surface area contributed by atoms with Crippen LogP contribution in [0.2, 0.25) is 0 Å². The monoisotopic (exact) mass is 244 g/mol. The van der Waals surface area contributed by atoms with E-state index in [0.717, 1.165) is 5.06 Å². The Hall–Kier alpha value is -1.78. The molecule has 0 bridgehead atoms. The molecule has 0 spiro atoms. The van der Waals surface area contributed by atoms with Crippen molar-refractivity contribution >= 4 is 12.1 Å². The van der Waals surface area contributed by atoms with E-state index in [1.165, 1.54) is 0 Å². The molecule has 0 fully saturated rings. The number of unbranched alkanes of at least 4 members (excludes halogenated alkanes) is 1. The Bertz CT molecular complexity index is 300. The Balaban J connectivity index is 3.79. The number of carboxylic acid groups (broad SMARTS) is 2. The summed E-state index contributed by atoms with van der Waals surface area (Å²) in [7, 11) is 0. The van der Waals surface area contributed by atoms with Crippen LogP contribution in [0.15, 0.2) is 0 Å². The molecule has 17 heavy (non-hydrogen) atoms. The second-order valence-corrected chi connectivity index (χ2v) is 3.30. The van der Waals surface area contributed by atoms with Crippen molar-refractivity contribution in [1.29, 1.82) is 0 Å². The molecule has 0 saturated carbocycles. The first-order valence-corrected chi connectivity index (χ1v) is 5.04. The number of amides is 1. The average molecular weight is 244 g/mol. The van der Waals surface area contributed by atoms with Crippen LogP contribution >= 0.6 is 0 Å². The van der Waals surface area contributed by atoms with Crippen LogP contribution in [0.3, 0.4) is 0 Å². The number of hydroxylamine groups is 2. The molecule has 0 aliphatic heterocycles. The quantitative estimate of drug-likeness (QED) is 0.317. The number of rotatable bonds is 8. The summed E-state index contributed by atoms with van der Waals surface area (Å²) < 4.78 is 0. The third-order valence-electron chi connectivity index (χ3n) is 1.96. The van der Waals surface area contributed by atoms with E-state index in [2.05, 4.69) is 5.92 Å². The molecule has 0 aliphatic rings. The number of hydrogen-bond acceptors (Lipinski definition) is 4. The molecular formula is C10H16N2O5. The molecule has 4 N–H and O–H groups in total. The fraction of sp³-hybridized carbons (Fsp3) is 0.600. The van der Waals surface area contributed by atoms with Gasteiger partial charge in [0.1, 0.15) is 12.6 Å². The summed E-state index contributed by atoms with van der Waals surface area (Å²) >= 11 is 0. The maximum atomic E-state index is 10.7. The number of carboxylic acids is 1. The molecule has 0 unspecified atom stereocenters. The number of hydrogen-bond donors (Lipinski definition) is 3. The van der Waals surface area contributed by atoms with E-state index >= 15 is 0 Å². The van der Waals surface area contributed by atoms with Gasteiger partial charge in [0.2, 0.25) is 0 Å². The molecule has 0 aromatic rings. The van der Waals surface area contributed by atoms with Crippen molar-refractivity contribution in [3.8, 4) is 12.3 Å². The van der Waals surface area contributed by atoms with Crippen LogP contribution in [0.25, 0.3) is 0 Å². The Morgan fingerprint density at radius 2 is 2.06 bits per heavy atom. The molecule has 1 atom stereocenters. The highest BCUT2D eigenvalue weighted by atomic mass is 16.7. The second-order valence-electron chi connectivity index (χ2n) is 3.30. The molecule has 96 valence electrons. The van der Waals surface area contributed by atoms with Gasteiger partial charge in [0.15, 0.2) is 0 Å². The number of nitrogens with zero attached hydrogens (tertiary/aromatic N) is 1. The number of carbonyl (C=O) groups is 2. The summed E-state index contributed by atoms with van der Waals surface area (Å²) in [4.78, 5) is 25.8. The average Bonchev–Trinajstić information content (AvgIpc) is 2.27. The third kappa shape index (κ3) is 7.16. The zero-order chi connectivity index (χ0) is 13.3. The Morgan fingerprint density at radius 1 is 1.41 bits per heavy atom. The Kier molecular flexibility index (Phi) is 7.50. The van der Waals surface area contributed by atoms with Crippen molar-refractivity contribution in [2.24, 2.45) is 5.73 Å². The maximum Gasteiger partial charge on any atom is 0.431 e. The van der Waals surface area contributed by atoms with Gasteiger partial charge in [-0.1, -0.05) is 5.92 Å². The molecule has 0 rings (SSSR count).